The fourth-order valence-corrected chi connectivity index (χ4v) is 5.78. The molecular weight excluding hydrogens is 386 g/mol. The van der Waals surface area contributed by atoms with Gasteiger partial charge < -0.3 is 0 Å². The van der Waals surface area contributed by atoms with Gasteiger partial charge in [0.05, 0.1) is 6.26 Å². The topological polar surface area (TPSA) is 46.2 Å². The molecule has 0 fully saturated rings. The SMILES string of the molecule is CC(C)(C)c1ccc([S+](c2ccccc2)c2ccccc2NS(C)(=O)=O)cc1. The van der Waals surface area contributed by atoms with Gasteiger partial charge in [0.15, 0.2) is 14.7 Å². The molecule has 1 atom stereocenters. The van der Waals surface area contributed by atoms with Crippen LogP contribution in [-0.2, 0) is 26.3 Å². The fraction of sp³-hybridized carbons (Fsp3) is 0.217. The second kappa shape index (κ2) is 8.02. The zero-order valence-corrected chi connectivity index (χ0v) is 18.3. The number of para-hydroxylation sites is 1. The number of rotatable bonds is 5. The summed E-state index contributed by atoms with van der Waals surface area (Å²) in [5.74, 6) is 0. The first-order valence-corrected chi connectivity index (χ1v) is 12.2. The zero-order valence-electron chi connectivity index (χ0n) is 16.6. The standard InChI is InChI=1S/C23H26NO2S2/c1-23(2,3)18-14-16-20(17-15-18)27(19-10-6-5-7-11-19)22-13-9-8-12-21(22)24-28(4,25)26/h5-17,24H,1-4H3/q+1. The van der Waals surface area contributed by atoms with Gasteiger partial charge in [0, 0.05) is 0 Å². The lowest BCUT2D eigenvalue weighted by Crippen LogP contribution is -2.15. The molecule has 0 aliphatic rings. The first-order chi connectivity index (χ1) is 13.1. The monoisotopic (exact) mass is 412 g/mol. The number of nitrogens with one attached hydrogen (secondary N) is 1. The summed E-state index contributed by atoms with van der Waals surface area (Å²) in [7, 11) is -3.79. The van der Waals surface area contributed by atoms with Crippen LogP contribution in [-0.4, -0.2) is 14.7 Å². The van der Waals surface area contributed by atoms with Gasteiger partial charge in [-0.15, -0.1) is 0 Å². The minimum absolute atomic E-state index is 0.0830. The van der Waals surface area contributed by atoms with Crippen molar-refractivity contribution in [2.24, 2.45) is 0 Å². The highest BCUT2D eigenvalue weighted by Gasteiger charge is 2.32. The highest BCUT2D eigenvalue weighted by Crippen LogP contribution is 2.36. The van der Waals surface area contributed by atoms with E-state index in [4.69, 9.17) is 0 Å². The Bertz CT molecular complexity index is 1040. The smallest absolute Gasteiger partial charge is 0.229 e. The molecule has 0 aliphatic heterocycles. The lowest BCUT2D eigenvalue weighted by molar-refractivity contribution is 0.589. The van der Waals surface area contributed by atoms with Crippen molar-refractivity contribution in [3.63, 3.8) is 0 Å². The van der Waals surface area contributed by atoms with Crippen LogP contribution in [0, 0.1) is 0 Å². The molecule has 0 aliphatic carbocycles. The average molecular weight is 413 g/mol. The highest BCUT2D eigenvalue weighted by atomic mass is 32.2. The summed E-state index contributed by atoms with van der Waals surface area (Å²) in [6, 6.07) is 26.5. The van der Waals surface area contributed by atoms with Crippen molar-refractivity contribution in [1.29, 1.82) is 0 Å². The Labute approximate surface area is 171 Å². The van der Waals surface area contributed by atoms with E-state index in [1.54, 1.807) is 0 Å². The zero-order chi connectivity index (χ0) is 20.4. The van der Waals surface area contributed by atoms with Crippen LogP contribution in [0.1, 0.15) is 26.3 Å². The number of hydrogen-bond donors (Lipinski definition) is 1. The fourth-order valence-electron chi connectivity index (χ4n) is 2.97. The molecule has 146 valence electrons. The number of anilines is 1. The number of hydrogen-bond acceptors (Lipinski definition) is 2. The van der Waals surface area contributed by atoms with Gasteiger partial charge in [0.2, 0.25) is 10.0 Å². The Balaban J connectivity index is 2.15. The number of sulfonamides is 1. The molecule has 3 rings (SSSR count). The summed E-state index contributed by atoms with van der Waals surface area (Å²) < 4.78 is 26.5. The van der Waals surface area contributed by atoms with Crippen LogP contribution in [0.3, 0.4) is 0 Å². The molecule has 5 heteroatoms. The third kappa shape index (κ3) is 4.97. The molecule has 28 heavy (non-hydrogen) atoms. The van der Waals surface area contributed by atoms with Gasteiger partial charge in [0.1, 0.15) is 16.6 Å². The van der Waals surface area contributed by atoms with Gasteiger partial charge >= 0.3 is 0 Å². The average Bonchev–Trinajstić information content (AvgIpc) is 2.63. The molecule has 0 spiro atoms. The van der Waals surface area contributed by atoms with Gasteiger partial charge in [0.25, 0.3) is 0 Å². The normalized spacial score (nSPS) is 13.1. The van der Waals surface area contributed by atoms with Crippen molar-refractivity contribution in [3.8, 4) is 0 Å². The van der Waals surface area contributed by atoms with Crippen molar-refractivity contribution >= 4 is 26.6 Å². The van der Waals surface area contributed by atoms with Crippen molar-refractivity contribution in [1.82, 2.24) is 0 Å². The molecule has 3 nitrogen and oxygen atoms in total. The predicted octanol–water partition coefficient (Wildman–Crippen LogP) is 5.45. The van der Waals surface area contributed by atoms with E-state index in [-0.39, 0.29) is 5.41 Å². The summed E-state index contributed by atoms with van der Waals surface area (Å²) in [5, 5.41) is 0. The Morgan fingerprint density at radius 3 is 1.86 bits per heavy atom. The molecule has 1 N–H and O–H groups in total. The van der Waals surface area contributed by atoms with E-state index >= 15 is 0 Å². The van der Waals surface area contributed by atoms with Gasteiger partial charge in [-0.05, 0) is 47.4 Å². The molecule has 0 bridgehead atoms. The van der Waals surface area contributed by atoms with E-state index in [1.807, 2.05) is 42.5 Å². The minimum Gasteiger partial charge on any atom is -0.279 e. The second-order valence-corrected chi connectivity index (χ2v) is 11.5. The summed E-state index contributed by atoms with van der Waals surface area (Å²) >= 11 is 0. The Kier molecular flexibility index (Phi) is 5.87. The maximum Gasteiger partial charge on any atom is 0.229 e. The van der Waals surface area contributed by atoms with E-state index < -0.39 is 20.9 Å². The lowest BCUT2D eigenvalue weighted by Gasteiger charge is -2.19. The first-order valence-electron chi connectivity index (χ1n) is 9.12. The van der Waals surface area contributed by atoms with Gasteiger partial charge in [-0.3, -0.25) is 4.72 Å². The van der Waals surface area contributed by atoms with Crippen LogP contribution in [0.4, 0.5) is 5.69 Å². The van der Waals surface area contributed by atoms with E-state index in [1.165, 1.54) is 11.8 Å². The van der Waals surface area contributed by atoms with Crippen LogP contribution in [0.2, 0.25) is 0 Å². The van der Waals surface area contributed by atoms with Crippen LogP contribution in [0.25, 0.3) is 0 Å². The lowest BCUT2D eigenvalue weighted by atomic mass is 9.87. The predicted molar refractivity (Wildman–Crippen MR) is 119 cm³/mol. The van der Waals surface area contributed by atoms with Crippen molar-refractivity contribution in [2.45, 2.75) is 40.9 Å². The van der Waals surface area contributed by atoms with Crippen molar-refractivity contribution in [2.75, 3.05) is 11.0 Å². The molecule has 1 unspecified atom stereocenters. The first kappa shape index (κ1) is 20.5. The van der Waals surface area contributed by atoms with Gasteiger partial charge in [-0.2, -0.15) is 0 Å². The summed E-state index contributed by atoms with van der Waals surface area (Å²) in [4.78, 5) is 3.26. The molecule has 0 aromatic heterocycles. The third-order valence-electron chi connectivity index (χ3n) is 4.34. The van der Waals surface area contributed by atoms with E-state index in [9.17, 15) is 8.42 Å². The third-order valence-corrected chi connectivity index (χ3v) is 7.21. The van der Waals surface area contributed by atoms with Gasteiger partial charge in [-0.1, -0.05) is 63.2 Å². The second-order valence-electron chi connectivity index (χ2n) is 7.76. The molecular formula is C23H26NO2S2+. The van der Waals surface area contributed by atoms with Crippen LogP contribution < -0.4 is 4.72 Å². The van der Waals surface area contributed by atoms with Crippen LogP contribution in [0.15, 0.2) is 93.5 Å². The maximum absolute atomic E-state index is 11.9. The van der Waals surface area contributed by atoms with Crippen molar-refractivity contribution < 1.29 is 8.42 Å². The van der Waals surface area contributed by atoms with Crippen LogP contribution >= 0.6 is 0 Å². The Morgan fingerprint density at radius 2 is 1.29 bits per heavy atom. The Morgan fingerprint density at radius 1 is 0.750 bits per heavy atom. The minimum atomic E-state index is -3.37. The highest BCUT2D eigenvalue weighted by molar-refractivity contribution is 7.97. The molecule has 0 saturated heterocycles. The molecule has 3 aromatic carbocycles. The van der Waals surface area contributed by atoms with Crippen molar-refractivity contribution in [3.05, 3.63) is 84.4 Å². The molecule has 0 saturated carbocycles. The Hall–Kier alpha value is -2.24. The molecule has 3 aromatic rings. The largest absolute Gasteiger partial charge is 0.279 e. The van der Waals surface area contributed by atoms with E-state index in [2.05, 4.69) is 61.9 Å². The molecule has 0 radical (unpaired) electrons. The summed E-state index contributed by atoms with van der Waals surface area (Å²) in [5.41, 5.74) is 1.98. The van der Waals surface area contributed by atoms with Crippen LogP contribution in [0.5, 0.6) is 0 Å². The van der Waals surface area contributed by atoms with E-state index in [0.29, 0.717) is 5.69 Å². The summed E-state index contributed by atoms with van der Waals surface area (Å²) in [6.45, 7) is 6.60. The molecule has 0 amide bonds. The number of benzene rings is 3. The maximum atomic E-state index is 11.9. The quantitative estimate of drug-likeness (QED) is 0.566. The van der Waals surface area contributed by atoms with Gasteiger partial charge in [-0.25, -0.2) is 8.42 Å². The summed E-state index contributed by atoms with van der Waals surface area (Å²) in [6.07, 6.45) is 1.18. The van der Waals surface area contributed by atoms with E-state index in [0.717, 1.165) is 14.7 Å². The molecule has 0 heterocycles.